The lowest BCUT2D eigenvalue weighted by molar-refractivity contribution is 1.25. The van der Waals surface area contributed by atoms with E-state index in [0.717, 1.165) is 12.8 Å². The van der Waals surface area contributed by atoms with Crippen molar-refractivity contribution in [1.82, 2.24) is 0 Å². The Morgan fingerprint density at radius 1 is 2.00 bits per heavy atom. The van der Waals surface area contributed by atoms with E-state index in [2.05, 4.69) is 18.7 Å². The fraction of sp³-hybridized carbons (Fsp3) is 0.333. The van der Waals surface area contributed by atoms with Crippen LogP contribution in [0.2, 0.25) is 0 Å². The van der Waals surface area contributed by atoms with Crippen LogP contribution in [-0.4, -0.2) is 0 Å². The molecule has 0 atom stereocenters. The van der Waals surface area contributed by atoms with Gasteiger partial charge in [0.2, 0.25) is 25.0 Å². The average molecular weight is 78.1 g/mol. The summed E-state index contributed by atoms with van der Waals surface area (Å²) in [6.45, 7) is 3.46. The van der Waals surface area contributed by atoms with Crippen LogP contribution in [0.15, 0.2) is 12.2 Å². The Kier molecular flexibility index (Phi) is 0.686. The molecule has 0 radical (unpaired) electrons. The Hall–Kier alpha value is -0.700. The van der Waals surface area contributed by atoms with Crippen LogP contribution in [0.25, 0.3) is 0 Å². The smallest absolute Gasteiger partial charge is 0.141 e. The van der Waals surface area contributed by atoms with Gasteiger partial charge in [-0.2, -0.15) is 0 Å². The van der Waals surface area contributed by atoms with Gasteiger partial charge in [-0.3, -0.25) is 0 Å². The van der Waals surface area contributed by atoms with Gasteiger partial charge in [-0.15, -0.1) is 0 Å². The van der Waals surface area contributed by atoms with Gasteiger partial charge in [0.25, 0.3) is 5.57 Å². The molecule has 0 unspecified atom stereocenters. The van der Waals surface area contributed by atoms with Crippen molar-refractivity contribution in [2.45, 2.75) is 12.8 Å². The SMILES string of the molecule is C=[C+]CC1=[C+]C1. The third-order valence-electron chi connectivity index (χ3n) is 0.765. The highest BCUT2D eigenvalue weighted by atomic mass is 14.1. The van der Waals surface area contributed by atoms with E-state index >= 15 is 0 Å². The van der Waals surface area contributed by atoms with Crippen molar-refractivity contribution >= 4 is 0 Å². The summed E-state index contributed by atoms with van der Waals surface area (Å²) in [4.78, 5) is 0. The van der Waals surface area contributed by atoms with E-state index in [1.807, 2.05) is 0 Å². The summed E-state index contributed by atoms with van der Waals surface area (Å²) >= 11 is 0. The molecule has 0 saturated carbocycles. The van der Waals surface area contributed by atoms with Crippen LogP contribution >= 0.6 is 0 Å². The molecule has 0 saturated heterocycles. The Morgan fingerprint density at radius 3 is 2.83 bits per heavy atom. The van der Waals surface area contributed by atoms with Crippen LogP contribution in [0.4, 0.5) is 0 Å². The summed E-state index contributed by atoms with van der Waals surface area (Å²) in [5.74, 6) is 0. The van der Waals surface area contributed by atoms with E-state index in [4.69, 9.17) is 0 Å². The zero-order valence-corrected chi connectivity index (χ0v) is 3.62. The lowest BCUT2D eigenvalue weighted by atomic mass is 10.3. The second kappa shape index (κ2) is 1.18. The van der Waals surface area contributed by atoms with Crippen molar-refractivity contribution in [3.8, 4) is 0 Å². The first-order chi connectivity index (χ1) is 2.93. The molecular formula is C6H6+2. The van der Waals surface area contributed by atoms with Gasteiger partial charge in [0.1, 0.15) is 6.58 Å². The van der Waals surface area contributed by atoms with Crippen LogP contribution in [0.3, 0.4) is 0 Å². The summed E-state index contributed by atoms with van der Waals surface area (Å²) in [6.07, 6.45) is 7.85. The average Bonchev–Trinajstić information content (AvgIpc) is 2.21. The molecule has 0 aromatic heterocycles. The van der Waals surface area contributed by atoms with E-state index < -0.39 is 0 Å². The maximum Gasteiger partial charge on any atom is 0.275 e. The highest BCUT2D eigenvalue weighted by molar-refractivity contribution is 5.15. The fourth-order valence-electron chi connectivity index (χ4n) is 0.338. The number of allylic oxidation sites excluding steroid dienone is 3. The predicted octanol–water partition coefficient (Wildman–Crippen LogP) is 1.50. The van der Waals surface area contributed by atoms with Gasteiger partial charge < -0.3 is 0 Å². The minimum absolute atomic E-state index is 0.931. The standard InChI is InChI=1S/C6H6/c1-2-3-6-4-5-6/h1,3-4H2/q+2. The van der Waals surface area contributed by atoms with E-state index in [9.17, 15) is 0 Å². The van der Waals surface area contributed by atoms with Gasteiger partial charge in [0.15, 0.2) is 0 Å². The molecular weight excluding hydrogens is 72.1 g/mol. The summed E-state index contributed by atoms with van der Waals surface area (Å²) in [7, 11) is 0. The first-order valence-corrected chi connectivity index (χ1v) is 2.02. The van der Waals surface area contributed by atoms with Gasteiger partial charge in [0.05, 0.1) is 0 Å². The van der Waals surface area contributed by atoms with E-state index in [0.29, 0.717) is 0 Å². The Bertz CT molecular complexity index is 88.2. The van der Waals surface area contributed by atoms with Crippen LogP contribution in [0.5, 0.6) is 0 Å². The maximum atomic E-state index is 3.46. The molecule has 0 N–H and O–H groups in total. The largest absolute Gasteiger partial charge is 0.275 e. The van der Waals surface area contributed by atoms with Gasteiger partial charge in [-0.1, -0.05) is 0 Å². The van der Waals surface area contributed by atoms with Crippen LogP contribution in [0.1, 0.15) is 12.8 Å². The van der Waals surface area contributed by atoms with Crippen molar-refractivity contribution in [2.75, 3.05) is 0 Å². The molecule has 28 valence electrons. The zero-order valence-electron chi connectivity index (χ0n) is 3.62. The number of hydrogen-bond acceptors (Lipinski definition) is 0. The third-order valence-corrected chi connectivity index (χ3v) is 0.765. The lowest BCUT2D eigenvalue weighted by Crippen LogP contribution is -1.54. The van der Waals surface area contributed by atoms with Crippen molar-refractivity contribution in [2.24, 2.45) is 0 Å². The molecule has 0 spiro atoms. The third kappa shape index (κ3) is 0.621. The molecule has 0 aromatic rings. The molecule has 6 heavy (non-hydrogen) atoms. The van der Waals surface area contributed by atoms with Crippen molar-refractivity contribution in [3.63, 3.8) is 0 Å². The molecule has 0 aliphatic heterocycles. The molecule has 0 heteroatoms. The molecule has 0 fully saturated rings. The molecule has 0 amide bonds. The molecule has 0 aromatic carbocycles. The monoisotopic (exact) mass is 78.0 g/mol. The zero-order chi connectivity index (χ0) is 4.41. The highest BCUT2D eigenvalue weighted by Crippen LogP contribution is 2.19. The van der Waals surface area contributed by atoms with Gasteiger partial charge >= 0.3 is 0 Å². The quantitative estimate of drug-likeness (QED) is 0.439. The summed E-state index contributed by atoms with van der Waals surface area (Å²) < 4.78 is 0. The second-order valence-corrected chi connectivity index (χ2v) is 1.38. The van der Waals surface area contributed by atoms with Crippen LogP contribution in [-0.2, 0) is 0 Å². The van der Waals surface area contributed by atoms with Crippen molar-refractivity contribution in [1.29, 1.82) is 0 Å². The van der Waals surface area contributed by atoms with E-state index in [-0.39, 0.29) is 0 Å². The Morgan fingerprint density at radius 2 is 2.67 bits per heavy atom. The minimum Gasteiger partial charge on any atom is 0.141 e. The second-order valence-electron chi connectivity index (χ2n) is 1.38. The van der Waals surface area contributed by atoms with Crippen molar-refractivity contribution < 1.29 is 0 Å². The van der Waals surface area contributed by atoms with Gasteiger partial charge in [-0.25, -0.2) is 0 Å². The molecule has 1 rings (SSSR count). The number of hydrogen-bond donors (Lipinski definition) is 0. The van der Waals surface area contributed by atoms with Gasteiger partial charge in [-0.05, 0) is 0 Å². The first-order valence-electron chi connectivity index (χ1n) is 2.02. The molecule has 0 heterocycles. The maximum absolute atomic E-state index is 3.46. The predicted molar refractivity (Wildman–Crippen MR) is 24.9 cm³/mol. The topological polar surface area (TPSA) is 0 Å². The Labute approximate surface area is 38.2 Å². The lowest BCUT2D eigenvalue weighted by Gasteiger charge is -1.43. The molecule has 1 aliphatic rings. The van der Waals surface area contributed by atoms with Crippen LogP contribution < -0.4 is 0 Å². The Balaban J connectivity index is 2.16. The molecule has 1 aliphatic carbocycles. The van der Waals surface area contributed by atoms with E-state index in [1.54, 1.807) is 0 Å². The van der Waals surface area contributed by atoms with Crippen LogP contribution in [0, 0.1) is 12.2 Å². The van der Waals surface area contributed by atoms with E-state index in [1.165, 1.54) is 5.57 Å². The van der Waals surface area contributed by atoms with Crippen molar-refractivity contribution in [3.05, 3.63) is 24.3 Å². The summed E-state index contributed by atoms with van der Waals surface area (Å²) in [5, 5.41) is 0. The molecule has 0 nitrogen and oxygen atoms in total. The minimum atomic E-state index is 0.931. The van der Waals surface area contributed by atoms with Gasteiger partial charge in [0, 0.05) is 0 Å². The summed E-state index contributed by atoms with van der Waals surface area (Å²) in [6, 6.07) is 0. The molecule has 0 bridgehead atoms. The fourth-order valence-corrected chi connectivity index (χ4v) is 0.338. The highest BCUT2D eigenvalue weighted by Gasteiger charge is 2.31. The first kappa shape index (κ1) is 3.49. The number of rotatable bonds is 2. The summed E-state index contributed by atoms with van der Waals surface area (Å²) in [5.41, 5.74) is 1.37. The normalized spacial score (nSPS) is 14.3.